The van der Waals surface area contributed by atoms with Crippen molar-refractivity contribution in [3.05, 3.63) is 53.7 Å². The highest BCUT2D eigenvalue weighted by Crippen LogP contribution is 2.36. The molecule has 0 saturated carbocycles. The first-order valence-corrected chi connectivity index (χ1v) is 5.87. The number of halogens is 3. The number of carboxylic acids is 1. The molecule has 0 radical (unpaired) electrons. The molecule has 2 aromatic rings. The van der Waals surface area contributed by atoms with Crippen molar-refractivity contribution in [3.63, 3.8) is 0 Å². The van der Waals surface area contributed by atoms with Gasteiger partial charge in [0.15, 0.2) is 0 Å². The highest BCUT2D eigenvalue weighted by molar-refractivity contribution is 5.70. The molecule has 0 aliphatic rings. The van der Waals surface area contributed by atoms with E-state index >= 15 is 0 Å². The van der Waals surface area contributed by atoms with Crippen LogP contribution in [0.5, 0.6) is 11.6 Å². The summed E-state index contributed by atoms with van der Waals surface area (Å²) in [4.78, 5) is 14.1. The van der Waals surface area contributed by atoms with E-state index in [1.54, 1.807) is 0 Å². The quantitative estimate of drug-likeness (QED) is 0.938. The van der Waals surface area contributed by atoms with Crippen molar-refractivity contribution in [2.45, 2.75) is 12.6 Å². The number of pyridine rings is 1. The van der Waals surface area contributed by atoms with E-state index in [9.17, 15) is 18.0 Å². The SMILES string of the molecule is O=C(O)Cc1ccc(Oc2ncccc2C(F)(F)F)cc1. The lowest BCUT2D eigenvalue weighted by Crippen LogP contribution is -2.08. The first kappa shape index (κ1) is 14.8. The number of hydrogen-bond donors (Lipinski definition) is 1. The number of aliphatic carboxylic acids is 1. The van der Waals surface area contributed by atoms with E-state index in [-0.39, 0.29) is 12.2 Å². The minimum Gasteiger partial charge on any atom is -0.481 e. The van der Waals surface area contributed by atoms with Crippen molar-refractivity contribution in [1.29, 1.82) is 0 Å². The van der Waals surface area contributed by atoms with Crippen LogP contribution < -0.4 is 4.74 Å². The second-order valence-corrected chi connectivity index (χ2v) is 4.17. The number of benzene rings is 1. The highest BCUT2D eigenvalue weighted by atomic mass is 19.4. The summed E-state index contributed by atoms with van der Waals surface area (Å²) in [6.07, 6.45) is -3.53. The molecule has 0 amide bonds. The van der Waals surface area contributed by atoms with Crippen LogP contribution in [-0.2, 0) is 17.4 Å². The third-order valence-electron chi connectivity index (χ3n) is 2.57. The molecule has 0 fully saturated rings. The lowest BCUT2D eigenvalue weighted by atomic mass is 10.1. The number of nitrogens with zero attached hydrogens (tertiary/aromatic N) is 1. The molecule has 110 valence electrons. The van der Waals surface area contributed by atoms with Gasteiger partial charge in [0, 0.05) is 6.20 Å². The zero-order valence-electron chi connectivity index (χ0n) is 10.6. The monoisotopic (exact) mass is 297 g/mol. The molecule has 0 spiro atoms. The Hall–Kier alpha value is -2.57. The van der Waals surface area contributed by atoms with E-state index in [4.69, 9.17) is 9.84 Å². The number of rotatable bonds is 4. The number of hydrogen-bond acceptors (Lipinski definition) is 3. The van der Waals surface area contributed by atoms with Gasteiger partial charge in [-0.15, -0.1) is 0 Å². The molecule has 0 bridgehead atoms. The van der Waals surface area contributed by atoms with Crippen LogP contribution in [0.4, 0.5) is 13.2 Å². The van der Waals surface area contributed by atoms with Gasteiger partial charge in [-0.2, -0.15) is 13.2 Å². The number of carbonyl (C=O) groups is 1. The van der Waals surface area contributed by atoms with Gasteiger partial charge in [-0.25, -0.2) is 4.98 Å². The number of alkyl halides is 3. The normalized spacial score (nSPS) is 11.2. The molecular weight excluding hydrogens is 287 g/mol. The average Bonchev–Trinajstić information content (AvgIpc) is 2.40. The fraction of sp³-hybridized carbons (Fsp3) is 0.143. The lowest BCUT2D eigenvalue weighted by molar-refractivity contribution is -0.139. The minimum atomic E-state index is -4.56. The zero-order chi connectivity index (χ0) is 15.5. The maximum atomic E-state index is 12.8. The van der Waals surface area contributed by atoms with Crippen LogP contribution in [0.1, 0.15) is 11.1 Å². The van der Waals surface area contributed by atoms with Gasteiger partial charge in [0.05, 0.1) is 6.42 Å². The fourth-order valence-corrected chi connectivity index (χ4v) is 1.65. The van der Waals surface area contributed by atoms with E-state index < -0.39 is 23.6 Å². The van der Waals surface area contributed by atoms with E-state index in [0.717, 1.165) is 6.07 Å². The van der Waals surface area contributed by atoms with E-state index in [2.05, 4.69) is 4.98 Å². The van der Waals surface area contributed by atoms with E-state index in [0.29, 0.717) is 5.56 Å². The van der Waals surface area contributed by atoms with Crippen molar-refractivity contribution in [2.24, 2.45) is 0 Å². The summed E-state index contributed by atoms with van der Waals surface area (Å²) >= 11 is 0. The molecule has 1 aromatic heterocycles. The number of carboxylic acid groups (broad SMARTS) is 1. The van der Waals surface area contributed by atoms with Gasteiger partial charge in [0.2, 0.25) is 5.88 Å². The van der Waals surface area contributed by atoms with Gasteiger partial charge in [-0.1, -0.05) is 12.1 Å². The molecule has 1 N–H and O–H groups in total. The minimum absolute atomic E-state index is 0.147. The first-order chi connectivity index (χ1) is 9.86. The van der Waals surface area contributed by atoms with Gasteiger partial charge >= 0.3 is 12.1 Å². The summed E-state index contributed by atoms with van der Waals surface area (Å²) in [5, 5.41) is 8.63. The molecule has 0 aliphatic carbocycles. The van der Waals surface area contributed by atoms with E-state index in [1.807, 2.05) is 0 Å². The molecule has 0 aliphatic heterocycles. The largest absolute Gasteiger partial charge is 0.481 e. The Bertz CT molecular complexity index is 639. The van der Waals surface area contributed by atoms with Gasteiger partial charge in [-0.3, -0.25) is 4.79 Å². The zero-order valence-corrected chi connectivity index (χ0v) is 10.6. The second-order valence-electron chi connectivity index (χ2n) is 4.17. The topological polar surface area (TPSA) is 59.4 Å². The molecule has 0 unspecified atom stereocenters. The maximum Gasteiger partial charge on any atom is 0.421 e. The van der Waals surface area contributed by atoms with Crippen molar-refractivity contribution in [3.8, 4) is 11.6 Å². The summed E-state index contributed by atoms with van der Waals surface area (Å²) in [5.41, 5.74) is -0.452. The summed E-state index contributed by atoms with van der Waals surface area (Å²) in [5.74, 6) is -1.39. The van der Waals surface area contributed by atoms with Crippen molar-refractivity contribution < 1.29 is 27.8 Å². The third-order valence-corrected chi connectivity index (χ3v) is 2.57. The summed E-state index contributed by atoms with van der Waals surface area (Å²) in [7, 11) is 0. The maximum absolute atomic E-state index is 12.8. The number of aromatic nitrogens is 1. The second kappa shape index (κ2) is 5.82. The first-order valence-electron chi connectivity index (χ1n) is 5.87. The predicted octanol–water partition coefficient (Wildman–Crippen LogP) is 3.52. The molecule has 21 heavy (non-hydrogen) atoms. The Morgan fingerprint density at radius 3 is 2.43 bits per heavy atom. The third kappa shape index (κ3) is 3.95. The smallest absolute Gasteiger partial charge is 0.421 e. The Kier molecular flexibility index (Phi) is 4.11. The fourth-order valence-electron chi connectivity index (χ4n) is 1.65. The molecule has 2 rings (SSSR count). The Labute approximate surface area is 117 Å². The van der Waals surface area contributed by atoms with Crippen molar-refractivity contribution in [1.82, 2.24) is 4.98 Å². The summed E-state index contributed by atoms with van der Waals surface area (Å²) in [6, 6.07) is 7.78. The summed E-state index contributed by atoms with van der Waals surface area (Å²) < 4.78 is 43.4. The Balaban J connectivity index is 2.21. The van der Waals surface area contributed by atoms with Crippen LogP contribution >= 0.6 is 0 Å². The van der Waals surface area contributed by atoms with Crippen LogP contribution in [0.25, 0.3) is 0 Å². The number of ether oxygens (including phenoxy) is 1. The molecule has 1 heterocycles. The molecule has 4 nitrogen and oxygen atoms in total. The van der Waals surface area contributed by atoms with Gasteiger partial charge in [0.1, 0.15) is 11.3 Å². The van der Waals surface area contributed by atoms with Crippen LogP contribution in [0.2, 0.25) is 0 Å². The van der Waals surface area contributed by atoms with Gasteiger partial charge in [-0.05, 0) is 29.8 Å². The van der Waals surface area contributed by atoms with E-state index in [1.165, 1.54) is 36.5 Å². The van der Waals surface area contributed by atoms with Crippen LogP contribution in [0.15, 0.2) is 42.6 Å². The highest BCUT2D eigenvalue weighted by Gasteiger charge is 2.35. The average molecular weight is 297 g/mol. The molecular formula is C14H10F3NO3. The predicted molar refractivity (Wildman–Crippen MR) is 67.1 cm³/mol. The van der Waals surface area contributed by atoms with Crippen LogP contribution in [0.3, 0.4) is 0 Å². The van der Waals surface area contributed by atoms with Gasteiger partial charge < -0.3 is 9.84 Å². The molecule has 0 atom stereocenters. The lowest BCUT2D eigenvalue weighted by Gasteiger charge is -2.12. The Morgan fingerprint density at radius 1 is 1.19 bits per heavy atom. The van der Waals surface area contributed by atoms with Crippen LogP contribution in [0, 0.1) is 0 Å². The molecule has 1 aromatic carbocycles. The molecule has 7 heteroatoms. The van der Waals surface area contributed by atoms with Crippen molar-refractivity contribution in [2.75, 3.05) is 0 Å². The standard InChI is InChI=1S/C14H10F3NO3/c15-14(16,17)11-2-1-7-18-13(11)21-10-5-3-9(4-6-10)8-12(19)20/h1-7H,8H2,(H,19,20). The molecule has 0 saturated heterocycles. The van der Waals surface area contributed by atoms with Crippen LogP contribution in [-0.4, -0.2) is 16.1 Å². The van der Waals surface area contributed by atoms with Gasteiger partial charge in [0.25, 0.3) is 0 Å². The van der Waals surface area contributed by atoms with Crippen molar-refractivity contribution >= 4 is 5.97 Å². The summed E-state index contributed by atoms with van der Waals surface area (Å²) in [6.45, 7) is 0. The Morgan fingerprint density at radius 2 is 1.86 bits per heavy atom.